The molecule has 0 bridgehead atoms. The molecular weight excluding hydrogens is 332 g/mol. The molecule has 4 nitrogen and oxygen atoms in total. The summed E-state index contributed by atoms with van der Waals surface area (Å²) in [6, 6.07) is 13.5. The first-order chi connectivity index (χ1) is 12.2. The van der Waals surface area contributed by atoms with Crippen molar-refractivity contribution in [1.82, 2.24) is 4.98 Å². The van der Waals surface area contributed by atoms with Gasteiger partial charge in [-0.25, -0.2) is 4.98 Å². The lowest BCUT2D eigenvalue weighted by Gasteiger charge is -2.06. The van der Waals surface area contributed by atoms with Crippen molar-refractivity contribution >= 4 is 29.0 Å². The fourth-order valence-electron chi connectivity index (χ4n) is 2.43. The highest BCUT2D eigenvalue weighted by Gasteiger charge is 2.04. The van der Waals surface area contributed by atoms with Crippen LogP contribution in [-0.2, 0) is 4.79 Å². The Morgan fingerprint density at radius 2 is 2.12 bits per heavy atom. The van der Waals surface area contributed by atoms with Crippen molar-refractivity contribution in [2.45, 2.75) is 6.92 Å². The average Bonchev–Trinajstić information content (AvgIpc) is 3.15. The maximum atomic E-state index is 12.2. The summed E-state index contributed by atoms with van der Waals surface area (Å²) < 4.78 is 5.32. The zero-order valence-electron chi connectivity index (χ0n) is 14.0. The third-order valence-corrected chi connectivity index (χ3v) is 4.43. The van der Waals surface area contributed by atoms with Crippen LogP contribution in [0.1, 0.15) is 11.1 Å². The molecule has 5 heteroatoms. The van der Waals surface area contributed by atoms with Crippen molar-refractivity contribution in [3.05, 3.63) is 71.2 Å². The first kappa shape index (κ1) is 16.9. The van der Waals surface area contributed by atoms with Gasteiger partial charge in [-0.2, -0.15) is 0 Å². The SMILES string of the molecule is COc1ccc(C)cc1/C=C/C(=O)Nc1cccc(-c2nccs2)c1. The number of nitrogens with one attached hydrogen (secondary N) is 1. The fraction of sp³-hybridized carbons (Fsp3) is 0.100. The van der Waals surface area contributed by atoms with Gasteiger partial charge in [-0.05, 0) is 37.3 Å². The largest absolute Gasteiger partial charge is 0.496 e. The van der Waals surface area contributed by atoms with Gasteiger partial charge in [0.25, 0.3) is 0 Å². The molecule has 0 aliphatic rings. The second kappa shape index (κ2) is 7.77. The molecule has 0 atom stereocenters. The Hall–Kier alpha value is -2.92. The number of hydrogen-bond acceptors (Lipinski definition) is 4. The van der Waals surface area contributed by atoms with Gasteiger partial charge >= 0.3 is 0 Å². The molecule has 0 aliphatic heterocycles. The van der Waals surface area contributed by atoms with Crippen LogP contribution in [0.5, 0.6) is 5.75 Å². The van der Waals surface area contributed by atoms with Gasteiger partial charge in [-0.3, -0.25) is 4.79 Å². The number of benzene rings is 2. The number of anilines is 1. The summed E-state index contributed by atoms with van der Waals surface area (Å²) >= 11 is 1.56. The lowest BCUT2D eigenvalue weighted by Crippen LogP contribution is -2.07. The zero-order chi connectivity index (χ0) is 17.6. The Bertz CT molecular complexity index is 902. The molecule has 3 rings (SSSR count). The number of aromatic nitrogens is 1. The van der Waals surface area contributed by atoms with Crippen LogP contribution in [0.25, 0.3) is 16.6 Å². The number of thiazole rings is 1. The standard InChI is InChI=1S/C20H18N2O2S/c1-14-6-8-18(24-2)15(12-14)7-9-19(23)22-17-5-3-4-16(13-17)20-21-10-11-25-20/h3-13H,1-2H3,(H,22,23)/b9-7+. The molecule has 0 saturated heterocycles. The molecule has 0 fully saturated rings. The van der Waals surface area contributed by atoms with Crippen LogP contribution < -0.4 is 10.1 Å². The molecule has 0 spiro atoms. The predicted molar refractivity (Wildman–Crippen MR) is 103 cm³/mol. The van der Waals surface area contributed by atoms with E-state index in [1.165, 1.54) is 6.08 Å². The second-order valence-electron chi connectivity index (χ2n) is 5.49. The Morgan fingerprint density at radius 1 is 1.24 bits per heavy atom. The van der Waals surface area contributed by atoms with Crippen molar-refractivity contribution < 1.29 is 9.53 Å². The minimum absolute atomic E-state index is 0.195. The maximum Gasteiger partial charge on any atom is 0.248 e. The van der Waals surface area contributed by atoms with Crippen LogP contribution in [0.3, 0.4) is 0 Å². The molecule has 1 amide bonds. The highest BCUT2D eigenvalue weighted by atomic mass is 32.1. The van der Waals surface area contributed by atoms with E-state index in [4.69, 9.17) is 4.74 Å². The number of methoxy groups -OCH3 is 1. The molecule has 25 heavy (non-hydrogen) atoms. The monoisotopic (exact) mass is 350 g/mol. The highest BCUT2D eigenvalue weighted by molar-refractivity contribution is 7.13. The number of carbonyl (C=O) groups excluding carboxylic acids is 1. The molecule has 0 radical (unpaired) electrons. The Balaban J connectivity index is 1.73. The Kier molecular flexibility index (Phi) is 5.26. The maximum absolute atomic E-state index is 12.2. The van der Waals surface area contributed by atoms with Crippen molar-refractivity contribution in [3.63, 3.8) is 0 Å². The number of amides is 1. The number of rotatable bonds is 5. The lowest BCUT2D eigenvalue weighted by molar-refractivity contribution is -0.111. The van der Waals surface area contributed by atoms with Crippen molar-refractivity contribution in [3.8, 4) is 16.3 Å². The van der Waals surface area contributed by atoms with E-state index in [1.54, 1.807) is 30.7 Å². The number of nitrogens with zero attached hydrogens (tertiary/aromatic N) is 1. The summed E-state index contributed by atoms with van der Waals surface area (Å²) in [6.45, 7) is 2.00. The molecular formula is C20H18N2O2S. The third kappa shape index (κ3) is 4.33. The van der Waals surface area contributed by atoms with Crippen LogP contribution in [0.15, 0.2) is 60.1 Å². The van der Waals surface area contributed by atoms with Crippen molar-refractivity contribution in [2.75, 3.05) is 12.4 Å². The van der Waals surface area contributed by atoms with E-state index in [0.717, 1.165) is 33.1 Å². The van der Waals surface area contributed by atoms with Gasteiger partial charge in [0.15, 0.2) is 0 Å². The zero-order valence-corrected chi connectivity index (χ0v) is 14.8. The molecule has 0 unspecified atom stereocenters. The molecule has 2 aromatic carbocycles. The van der Waals surface area contributed by atoms with E-state index in [2.05, 4.69) is 10.3 Å². The van der Waals surface area contributed by atoms with Crippen LogP contribution >= 0.6 is 11.3 Å². The molecule has 1 heterocycles. The first-order valence-electron chi connectivity index (χ1n) is 7.79. The molecule has 1 aromatic heterocycles. The predicted octanol–water partition coefficient (Wildman–Crippen LogP) is 4.78. The number of hydrogen-bond donors (Lipinski definition) is 1. The van der Waals surface area contributed by atoms with Gasteiger partial charge in [-0.15, -0.1) is 11.3 Å². The van der Waals surface area contributed by atoms with Crippen molar-refractivity contribution in [2.24, 2.45) is 0 Å². The van der Waals surface area contributed by atoms with Crippen LogP contribution in [0, 0.1) is 6.92 Å². The van der Waals surface area contributed by atoms with Gasteiger partial charge in [0.05, 0.1) is 7.11 Å². The molecule has 1 N–H and O–H groups in total. The normalized spacial score (nSPS) is 10.8. The van der Waals surface area contributed by atoms with Gasteiger partial charge in [0, 0.05) is 34.5 Å². The van der Waals surface area contributed by atoms with Crippen LogP contribution in [0.2, 0.25) is 0 Å². The summed E-state index contributed by atoms with van der Waals surface area (Å²) in [7, 11) is 1.62. The Labute approximate surface area is 150 Å². The quantitative estimate of drug-likeness (QED) is 0.674. The number of carbonyl (C=O) groups is 1. The topological polar surface area (TPSA) is 51.2 Å². The van der Waals surface area contributed by atoms with Gasteiger partial charge < -0.3 is 10.1 Å². The van der Waals surface area contributed by atoms with E-state index < -0.39 is 0 Å². The second-order valence-corrected chi connectivity index (χ2v) is 6.38. The van der Waals surface area contributed by atoms with E-state index in [-0.39, 0.29) is 5.91 Å². The van der Waals surface area contributed by atoms with Crippen LogP contribution in [-0.4, -0.2) is 18.0 Å². The summed E-state index contributed by atoms with van der Waals surface area (Å²) in [4.78, 5) is 16.5. The average molecular weight is 350 g/mol. The lowest BCUT2D eigenvalue weighted by atomic mass is 10.1. The van der Waals surface area contributed by atoms with Crippen molar-refractivity contribution in [1.29, 1.82) is 0 Å². The molecule has 126 valence electrons. The van der Waals surface area contributed by atoms with E-state index in [1.807, 2.05) is 54.8 Å². The fourth-order valence-corrected chi connectivity index (χ4v) is 3.06. The number of aryl methyl sites for hydroxylation is 1. The summed E-state index contributed by atoms with van der Waals surface area (Å²) in [5.41, 5.74) is 3.70. The van der Waals surface area contributed by atoms with Gasteiger partial charge in [-0.1, -0.05) is 23.8 Å². The highest BCUT2D eigenvalue weighted by Crippen LogP contribution is 2.24. The summed E-state index contributed by atoms with van der Waals surface area (Å²) in [5, 5.41) is 5.73. The molecule has 3 aromatic rings. The first-order valence-corrected chi connectivity index (χ1v) is 8.67. The minimum atomic E-state index is -0.195. The third-order valence-electron chi connectivity index (χ3n) is 3.61. The molecule has 0 aliphatic carbocycles. The summed E-state index contributed by atoms with van der Waals surface area (Å²) in [5.74, 6) is 0.542. The van der Waals surface area contributed by atoms with E-state index in [9.17, 15) is 4.79 Å². The number of ether oxygens (including phenoxy) is 1. The van der Waals surface area contributed by atoms with Gasteiger partial charge in [0.2, 0.25) is 5.91 Å². The smallest absolute Gasteiger partial charge is 0.248 e. The van der Waals surface area contributed by atoms with Crippen LogP contribution in [0.4, 0.5) is 5.69 Å². The minimum Gasteiger partial charge on any atom is -0.496 e. The van der Waals surface area contributed by atoms with E-state index >= 15 is 0 Å². The summed E-state index contributed by atoms with van der Waals surface area (Å²) in [6.07, 6.45) is 5.03. The van der Waals surface area contributed by atoms with Gasteiger partial charge in [0.1, 0.15) is 10.8 Å². The Morgan fingerprint density at radius 3 is 2.88 bits per heavy atom. The van der Waals surface area contributed by atoms with E-state index in [0.29, 0.717) is 0 Å². The molecule has 0 saturated carbocycles.